The lowest BCUT2D eigenvalue weighted by molar-refractivity contribution is -0.112. The number of nitrogens with one attached hydrogen (secondary N) is 1. The van der Waals surface area contributed by atoms with Gasteiger partial charge in [-0.15, -0.1) is 0 Å². The second-order valence-corrected chi connectivity index (χ2v) is 4.52. The first-order chi connectivity index (χ1) is 7.74. The molecule has 1 amide bonds. The average Bonchev–Trinajstić information content (AvgIpc) is 2.28. The van der Waals surface area contributed by atoms with Crippen molar-refractivity contribution in [2.45, 2.75) is 17.4 Å². The van der Waals surface area contributed by atoms with Gasteiger partial charge in [0.05, 0.1) is 13.2 Å². The molecular weight excluding hydrogens is 226 g/mol. The normalized spacial score (nSPS) is 18.8. The van der Waals surface area contributed by atoms with Crippen molar-refractivity contribution in [3.8, 4) is 5.75 Å². The maximum absolute atomic E-state index is 11.5. The molecule has 2 rings (SSSR count). The second kappa shape index (κ2) is 4.57. The van der Waals surface area contributed by atoms with Crippen molar-refractivity contribution in [1.29, 1.82) is 0 Å². The number of ether oxygens (including phenoxy) is 1. The molecule has 0 spiro atoms. The van der Waals surface area contributed by atoms with Gasteiger partial charge < -0.3 is 10.1 Å². The Morgan fingerprint density at radius 1 is 1.56 bits per heavy atom. The van der Waals surface area contributed by atoms with Gasteiger partial charge in [0, 0.05) is 11.3 Å². The maximum atomic E-state index is 11.5. The fraction of sp³-hybridized carbons (Fsp3) is 0.273. The van der Waals surface area contributed by atoms with Crippen LogP contribution < -0.4 is 10.1 Å². The number of rotatable bonds is 3. The summed E-state index contributed by atoms with van der Waals surface area (Å²) in [7, 11) is 1.58. The molecule has 1 aromatic carbocycles. The van der Waals surface area contributed by atoms with Crippen LogP contribution in [0.4, 0.5) is 0 Å². The molecule has 1 aliphatic rings. The number of thioether (sulfide) groups is 1. The van der Waals surface area contributed by atoms with Gasteiger partial charge in [-0.1, -0.05) is 17.8 Å². The van der Waals surface area contributed by atoms with Crippen molar-refractivity contribution < 1.29 is 14.3 Å². The highest BCUT2D eigenvalue weighted by Crippen LogP contribution is 2.38. The van der Waals surface area contributed by atoms with Crippen LogP contribution in [-0.4, -0.2) is 18.6 Å². The minimum Gasteiger partial charge on any atom is -0.497 e. The summed E-state index contributed by atoms with van der Waals surface area (Å²) < 4.78 is 5.10. The average molecular weight is 237 g/mol. The van der Waals surface area contributed by atoms with Crippen LogP contribution >= 0.6 is 11.8 Å². The molecule has 16 heavy (non-hydrogen) atoms. The van der Waals surface area contributed by atoms with Gasteiger partial charge >= 0.3 is 0 Å². The molecule has 4 nitrogen and oxygen atoms in total. The summed E-state index contributed by atoms with van der Waals surface area (Å²) in [6.07, 6.45) is 0.963. The summed E-state index contributed by atoms with van der Waals surface area (Å²) in [4.78, 5) is 22.8. The number of amides is 1. The van der Waals surface area contributed by atoms with E-state index in [1.54, 1.807) is 7.11 Å². The Morgan fingerprint density at radius 2 is 2.38 bits per heavy atom. The quantitative estimate of drug-likeness (QED) is 0.809. The molecule has 0 fully saturated rings. The van der Waals surface area contributed by atoms with Crippen molar-refractivity contribution in [1.82, 2.24) is 5.32 Å². The number of fused-ring (bicyclic) bond motifs is 1. The Balaban J connectivity index is 2.38. The van der Waals surface area contributed by atoms with Crippen molar-refractivity contribution >= 4 is 23.3 Å². The first kappa shape index (κ1) is 11.0. The number of carbonyl (C=O) groups excluding carboxylic acids is 2. The third-order valence-corrected chi connectivity index (χ3v) is 3.43. The molecule has 0 bridgehead atoms. The third kappa shape index (κ3) is 2.04. The lowest BCUT2D eigenvalue weighted by Crippen LogP contribution is -2.25. The minimum atomic E-state index is -0.216. The van der Waals surface area contributed by atoms with E-state index in [1.807, 2.05) is 18.2 Å². The SMILES string of the molecule is COc1ccc2c(c1)SC(=O)CC2NC=O. The van der Waals surface area contributed by atoms with E-state index in [1.165, 1.54) is 11.8 Å². The number of carbonyl (C=O) groups is 2. The topological polar surface area (TPSA) is 55.4 Å². The molecule has 1 unspecified atom stereocenters. The van der Waals surface area contributed by atoms with E-state index in [9.17, 15) is 9.59 Å². The summed E-state index contributed by atoms with van der Waals surface area (Å²) in [6, 6.07) is 5.31. The zero-order valence-corrected chi connectivity index (χ0v) is 9.54. The molecule has 0 saturated carbocycles. The van der Waals surface area contributed by atoms with Gasteiger partial charge in [-0.2, -0.15) is 0 Å². The van der Waals surface area contributed by atoms with Crippen molar-refractivity contribution in [3.63, 3.8) is 0 Å². The Hall–Kier alpha value is -1.49. The minimum absolute atomic E-state index is 0.0557. The fourth-order valence-electron chi connectivity index (χ4n) is 1.69. The monoisotopic (exact) mass is 237 g/mol. The lowest BCUT2D eigenvalue weighted by Gasteiger charge is -2.23. The Morgan fingerprint density at radius 3 is 3.06 bits per heavy atom. The Bertz CT molecular complexity index is 433. The van der Waals surface area contributed by atoms with Gasteiger partial charge in [0.1, 0.15) is 5.75 Å². The molecule has 0 aliphatic carbocycles. The largest absolute Gasteiger partial charge is 0.497 e. The van der Waals surface area contributed by atoms with Crippen LogP contribution in [0.1, 0.15) is 18.0 Å². The summed E-state index contributed by atoms with van der Waals surface area (Å²) in [5.74, 6) is 0.714. The van der Waals surface area contributed by atoms with Crippen molar-refractivity contribution in [3.05, 3.63) is 23.8 Å². The van der Waals surface area contributed by atoms with Crippen LogP contribution in [-0.2, 0) is 9.59 Å². The van der Waals surface area contributed by atoms with Crippen LogP contribution in [0, 0.1) is 0 Å². The van der Waals surface area contributed by atoms with E-state index in [0.29, 0.717) is 18.6 Å². The van der Waals surface area contributed by atoms with Crippen LogP contribution in [0.15, 0.2) is 23.1 Å². The maximum Gasteiger partial charge on any atom is 0.207 e. The molecule has 0 radical (unpaired) electrons. The third-order valence-electron chi connectivity index (χ3n) is 2.46. The molecule has 1 heterocycles. The molecule has 1 N–H and O–H groups in total. The highest BCUT2D eigenvalue weighted by atomic mass is 32.2. The number of hydrogen-bond donors (Lipinski definition) is 1. The summed E-state index contributed by atoms with van der Waals surface area (Å²) in [5.41, 5.74) is 0.970. The molecule has 84 valence electrons. The number of benzene rings is 1. The summed E-state index contributed by atoms with van der Waals surface area (Å²) in [6.45, 7) is 0. The second-order valence-electron chi connectivity index (χ2n) is 3.42. The molecular formula is C11H11NO3S. The Labute approximate surface area is 97.4 Å². The van der Waals surface area contributed by atoms with E-state index in [4.69, 9.17) is 4.74 Å². The molecule has 1 aromatic rings. The first-order valence-electron chi connectivity index (χ1n) is 4.83. The zero-order valence-electron chi connectivity index (χ0n) is 8.73. The predicted octanol–water partition coefficient (Wildman–Crippen LogP) is 1.50. The van der Waals surface area contributed by atoms with Gasteiger partial charge in [0.2, 0.25) is 6.41 Å². The van der Waals surface area contributed by atoms with Gasteiger partial charge in [-0.05, 0) is 17.7 Å². The number of hydrogen-bond acceptors (Lipinski definition) is 4. The van der Waals surface area contributed by atoms with E-state index in [-0.39, 0.29) is 11.2 Å². The van der Waals surface area contributed by atoms with Gasteiger partial charge in [0.25, 0.3) is 0 Å². The molecule has 5 heteroatoms. The van der Waals surface area contributed by atoms with Crippen LogP contribution in [0.3, 0.4) is 0 Å². The predicted molar refractivity (Wildman–Crippen MR) is 60.4 cm³/mol. The van der Waals surface area contributed by atoms with Crippen LogP contribution in [0.2, 0.25) is 0 Å². The van der Waals surface area contributed by atoms with Crippen LogP contribution in [0.25, 0.3) is 0 Å². The first-order valence-corrected chi connectivity index (χ1v) is 5.64. The van der Waals surface area contributed by atoms with E-state index < -0.39 is 0 Å². The van der Waals surface area contributed by atoms with Crippen LogP contribution in [0.5, 0.6) is 5.75 Å². The number of methoxy groups -OCH3 is 1. The Kier molecular flexibility index (Phi) is 3.14. The molecule has 1 aliphatic heterocycles. The van der Waals surface area contributed by atoms with E-state index in [2.05, 4.69) is 5.32 Å². The van der Waals surface area contributed by atoms with E-state index in [0.717, 1.165) is 10.5 Å². The molecule has 1 atom stereocenters. The van der Waals surface area contributed by atoms with Gasteiger partial charge in [-0.25, -0.2) is 0 Å². The zero-order chi connectivity index (χ0) is 11.5. The van der Waals surface area contributed by atoms with Crippen molar-refractivity contribution in [2.24, 2.45) is 0 Å². The smallest absolute Gasteiger partial charge is 0.207 e. The fourth-order valence-corrected chi connectivity index (χ4v) is 2.69. The van der Waals surface area contributed by atoms with E-state index >= 15 is 0 Å². The lowest BCUT2D eigenvalue weighted by atomic mass is 10.0. The van der Waals surface area contributed by atoms with Gasteiger partial charge in [-0.3, -0.25) is 9.59 Å². The van der Waals surface area contributed by atoms with Crippen molar-refractivity contribution in [2.75, 3.05) is 7.11 Å². The summed E-state index contributed by atoms with van der Waals surface area (Å²) in [5, 5.41) is 2.71. The highest BCUT2D eigenvalue weighted by Gasteiger charge is 2.25. The standard InChI is InChI=1S/C11H11NO3S/c1-15-7-2-3-8-9(12-6-13)5-11(14)16-10(8)4-7/h2-4,6,9H,5H2,1H3,(H,12,13). The summed E-state index contributed by atoms with van der Waals surface area (Å²) >= 11 is 1.20. The molecule has 0 saturated heterocycles. The molecule has 0 aromatic heterocycles. The highest BCUT2D eigenvalue weighted by molar-refractivity contribution is 8.13. The van der Waals surface area contributed by atoms with Gasteiger partial charge in [0.15, 0.2) is 5.12 Å².